The number of nitrogens with zero attached hydrogens (tertiary/aromatic N) is 1. The molecule has 1 fully saturated rings. The minimum Gasteiger partial charge on any atom is -0.299 e. The van der Waals surface area contributed by atoms with Crippen LogP contribution in [0, 0.1) is 23.2 Å². The minimum absolute atomic E-state index is 0.123. The summed E-state index contributed by atoms with van der Waals surface area (Å²) < 4.78 is 0. The normalized spacial score (nSPS) is 26.0. The van der Waals surface area contributed by atoms with Crippen LogP contribution < -0.4 is 0 Å². The van der Waals surface area contributed by atoms with E-state index in [9.17, 15) is 4.79 Å². The van der Waals surface area contributed by atoms with Gasteiger partial charge in [0.15, 0.2) is 0 Å². The molecule has 2 nitrogen and oxygen atoms in total. The molecule has 0 aromatic heterocycles. The van der Waals surface area contributed by atoms with E-state index in [2.05, 4.69) is 25.1 Å². The molecule has 0 amide bonds. The first-order chi connectivity index (χ1) is 7.29. The Balaban J connectivity index is 2.43. The van der Waals surface area contributed by atoms with Crippen LogP contribution >= 0.6 is 0 Å². The molecule has 0 aromatic carbocycles. The van der Waals surface area contributed by atoms with Crippen LogP contribution in [0.1, 0.15) is 45.4 Å². The summed E-state index contributed by atoms with van der Waals surface area (Å²) in [6.07, 6.45) is 9.47. The quantitative estimate of drug-likeness (QED) is 0.646. The van der Waals surface area contributed by atoms with Gasteiger partial charge in [-0.25, -0.2) is 0 Å². The summed E-state index contributed by atoms with van der Waals surface area (Å²) in [5.41, 5.74) is 0. The van der Waals surface area contributed by atoms with Crippen molar-refractivity contribution in [2.75, 3.05) is 0 Å². The Kier molecular flexibility index (Phi) is 5.10. The summed E-state index contributed by atoms with van der Waals surface area (Å²) in [4.78, 5) is 11.6. The molecule has 0 N–H and O–H groups in total. The van der Waals surface area contributed by atoms with Gasteiger partial charge in [0.1, 0.15) is 5.78 Å². The molecule has 0 heterocycles. The second kappa shape index (κ2) is 6.40. The zero-order valence-corrected chi connectivity index (χ0v) is 9.41. The Labute approximate surface area is 92.0 Å². The topological polar surface area (TPSA) is 40.9 Å². The Morgan fingerprint density at radius 1 is 1.53 bits per heavy atom. The molecule has 2 atom stereocenters. The highest BCUT2D eigenvalue weighted by molar-refractivity contribution is 5.83. The molecular weight excluding hydrogens is 186 g/mol. The molecule has 0 aromatic rings. The molecule has 2 heteroatoms. The second-order valence-electron chi connectivity index (χ2n) is 4.23. The predicted molar refractivity (Wildman–Crippen MR) is 60.1 cm³/mol. The molecule has 82 valence electrons. The number of Topliss-reactive ketones (excluding diaryl/α,β-unsaturated/α-hetero) is 1. The van der Waals surface area contributed by atoms with Gasteiger partial charge in [-0.15, -0.1) is 0 Å². The van der Waals surface area contributed by atoms with Crippen LogP contribution in [-0.2, 0) is 4.79 Å². The van der Waals surface area contributed by atoms with E-state index < -0.39 is 0 Å². The van der Waals surface area contributed by atoms with Crippen LogP contribution in [-0.4, -0.2) is 5.78 Å². The highest BCUT2D eigenvalue weighted by Gasteiger charge is 2.33. The maximum absolute atomic E-state index is 11.6. The van der Waals surface area contributed by atoms with Crippen molar-refractivity contribution in [2.45, 2.75) is 45.4 Å². The number of ketones is 1. The fraction of sp³-hybridized carbons (Fsp3) is 0.692. The smallest absolute Gasteiger partial charge is 0.136 e. The van der Waals surface area contributed by atoms with Crippen molar-refractivity contribution in [3.8, 4) is 6.07 Å². The van der Waals surface area contributed by atoms with Crippen molar-refractivity contribution in [2.24, 2.45) is 11.8 Å². The van der Waals surface area contributed by atoms with Gasteiger partial charge in [-0.2, -0.15) is 5.26 Å². The molecule has 15 heavy (non-hydrogen) atoms. The number of hydrogen-bond donors (Lipinski definition) is 0. The fourth-order valence-corrected chi connectivity index (χ4v) is 2.19. The highest BCUT2D eigenvalue weighted by atomic mass is 16.1. The highest BCUT2D eigenvalue weighted by Crippen LogP contribution is 2.33. The molecule has 1 saturated carbocycles. The first-order valence-electron chi connectivity index (χ1n) is 5.84. The van der Waals surface area contributed by atoms with E-state index in [0.29, 0.717) is 24.5 Å². The van der Waals surface area contributed by atoms with Crippen molar-refractivity contribution in [3.63, 3.8) is 0 Å². The SMILES string of the molecule is CCCC=CCC1C(=O)CCC1CC#N. The third kappa shape index (κ3) is 3.51. The molecule has 0 saturated heterocycles. The van der Waals surface area contributed by atoms with Crippen LogP contribution in [0.4, 0.5) is 0 Å². The monoisotopic (exact) mass is 205 g/mol. The summed E-state index contributed by atoms with van der Waals surface area (Å²) in [6, 6.07) is 2.19. The predicted octanol–water partition coefficient (Wildman–Crippen LogP) is 3.24. The maximum atomic E-state index is 11.6. The van der Waals surface area contributed by atoms with Crippen molar-refractivity contribution < 1.29 is 4.79 Å². The van der Waals surface area contributed by atoms with Crippen LogP contribution in [0.3, 0.4) is 0 Å². The van der Waals surface area contributed by atoms with Crippen molar-refractivity contribution in [1.29, 1.82) is 5.26 Å². The zero-order valence-electron chi connectivity index (χ0n) is 9.41. The second-order valence-corrected chi connectivity index (χ2v) is 4.23. The van der Waals surface area contributed by atoms with E-state index in [1.807, 2.05) is 0 Å². The van der Waals surface area contributed by atoms with E-state index >= 15 is 0 Å². The van der Waals surface area contributed by atoms with Crippen molar-refractivity contribution >= 4 is 5.78 Å². The van der Waals surface area contributed by atoms with E-state index in [1.54, 1.807) is 0 Å². The first kappa shape index (κ1) is 12.0. The summed E-state index contributed by atoms with van der Waals surface area (Å²) in [5.74, 6) is 0.794. The first-order valence-corrected chi connectivity index (χ1v) is 5.84. The number of carbonyl (C=O) groups is 1. The molecule has 2 unspecified atom stereocenters. The average Bonchev–Trinajstić information content (AvgIpc) is 2.56. The Morgan fingerprint density at radius 3 is 3.00 bits per heavy atom. The van der Waals surface area contributed by atoms with Crippen molar-refractivity contribution in [1.82, 2.24) is 0 Å². The van der Waals surface area contributed by atoms with Crippen LogP contribution in [0.5, 0.6) is 0 Å². The molecule has 1 aliphatic rings. The number of nitriles is 1. The maximum Gasteiger partial charge on any atom is 0.136 e. The van der Waals surface area contributed by atoms with Crippen LogP contribution in [0.25, 0.3) is 0 Å². The van der Waals surface area contributed by atoms with E-state index in [1.165, 1.54) is 0 Å². The molecular formula is C13H19NO. The average molecular weight is 205 g/mol. The third-order valence-corrected chi connectivity index (χ3v) is 3.11. The lowest BCUT2D eigenvalue weighted by Gasteiger charge is -2.12. The summed E-state index contributed by atoms with van der Waals surface area (Å²) in [5, 5.41) is 8.66. The summed E-state index contributed by atoms with van der Waals surface area (Å²) in [7, 11) is 0. The Bertz CT molecular complexity index is 275. The van der Waals surface area contributed by atoms with Gasteiger partial charge in [0, 0.05) is 18.8 Å². The van der Waals surface area contributed by atoms with Gasteiger partial charge in [-0.3, -0.25) is 4.79 Å². The molecule has 1 aliphatic carbocycles. The summed E-state index contributed by atoms with van der Waals surface area (Å²) in [6.45, 7) is 2.14. The number of hydrogen-bond acceptors (Lipinski definition) is 2. The van der Waals surface area contributed by atoms with Gasteiger partial charge in [0.05, 0.1) is 6.07 Å². The van der Waals surface area contributed by atoms with Gasteiger partial charge in [0.25, 0.3) is 0 Å². The van der Waals surface area contributed by atoms with Gasteiger partial charge in [-0.1, -0.05) is 25.5 Å². The molecule has 0 bridgehead atoms. The third-order valence-electron chi connectivity index (χ3n) is 3.11. The standard InChI is InChI=1S/C13H19NO/c1-2-3-4-5-6-12-11(9-10-14)7-8-13(12)15/h4-5,11-12H,2-3,6-9H2,1H3. The summed E-state index contributed by atoms with van der Waals surface area (Å²) >= 11 is 0. The minimum atomic E-state index is 0.123. The lowest BCUT2D eigenvalue weighted by Crippen LogP contribution is -2.13. The Morgan fingerprint density at radius 2 is 2.33 bits per heavy atom. The number of allylic oxidation sites excluding steroid dienone is 2. The molecule has 0 spiro atoms. The van der Waals surface area contributed by atoms with Gasteiger partial charge >= 0.3 is 0 Å². The number of rotatable bonds is 5. The van der Waals surface area contributed by atoms with Crippen LogP contribution in [0.2, 0.25) is 0 Å². The Hall–Kier alpha value is -1.10. The van der Waals surface area contributed by atoms with E-state index in [4.69, 9.17) is 5.26 Å². The fourth-order valence-electron chi connectivity index (χ4n) is 2.19. The molecule has 1 rings (SSSR count). The van der Waals surface area contributed by atoms with E-state index in [-0.39, 0.29) is 5.92 Å². The van der Waals surface area contributed by atoms with Gasteiger partial charge in [0.2, 0.25) is 0 Å². The molecule has 0 radical (unpaired) electrons. The van der Waals surface area contributed by atoms with E-state index in [0.717, 1.165) is 25.7 Å². The lowest BCUT2D eigenvalue weighted by atomic mass is 9.90. The van der Waals surface area contributed by atoms with Gasteiger partial charge < -0.3 is 0 Å². The van der Waals surface area contributed by atoms with Crippen LogP contribution in [0.15, 0.2) is 12.2 Å². The lowest BCUT2D eigenvalue weighted by molar-refractivity contribution is -0.121. The number of carbonyl (C=O) groups excluding carboxylic acids is 1. The zero-order chi connectivity index (χ0) is 11.1. The largest absolute Gasteiger partial charge is 0.299 e. The molecule has 0 aliphatic heterocycles. The van der Waals surface area contributed by atoms with Crippen molar-refractivity contribution in [3.05, 3.63) is 12.2 Å². The van der Waals surface area contributed by atoms with Gasteiger partial charge in [-0.05, 0) is 25.2 Å². The number of unbranched alkanes of at least 4 members (excludes halogenated alkanes) is 1.